The topological polar surface area (TPSA) is 66.5 Å². The van der Waals surface area contributed by atoms with Gasteiger partial charge in [0.25, 0.3) is 0 Å². The van der Waals surface area contributed by atoms with Gasteiger partial charge in [0.15, 0.2) is 0 Å². The maximum atomic E-state index is 12.6. The fraction of sp³-hybridized carbons (Fsp3) is 0.250. The Morgan fingerprint density at radius 1 is 1.12 bits per heavy atom. The Bertz CT molecular complexity index is 806. The fourth-order valence-corrected chi connectivity index (χ4v) is 3.83. The van der Waals surface area contributed by atoms with Crippen LogP contribution in [-0.2, 0) is 14.4 Å². The average Bonchev–Trinajstić information content (AvgIpc) is 2.91. The van der Waals surface area contributed by atoms with E-state index in [1.165, 1.54) is 16.7 Å². The molecule has 0 spiro atoms. The van der Waals surface area contributed by atoms with E-state index in [0.717, 1.165) is 17.0 Å². The van der Waals surface area contributed by atoms with E-state index in [9.17, 15) is 14.4 Å². The molecule has 0 bridgehead atoms. The molecule has 6 heteroatoms. The van der Waals surface area contributed by atoms with E-state index in [0.29, 0.717) is 12.1 Å². The lowest BCUT2D eigenvalue weighted by Crippen LogP contribution is -2.30. The van der Waals surface area contributed by atoms with Gasteiger partial charge in [-0.05, 0) is 42.8 Å². The van der Waals surface area contributed by atoms with Crippen molar-refractivity contribution in [3.8, 4) is 0 Å². The monoisotopic (exact) mass is 368 g/mol. The van der Waals surface area contributed by atoms with E-state index in [4.69, 9.17) is 0 Å². The zero-order valence-corrected chi connectivity index (χ0v) is 15.3. The highest BCUT2D eigenvalue weighted by atomic mass is 32.2. The SMILES string of the molecule is CCCC(=O)Nc1ccc(S[C@@H]2CC(=O)N(c3ccccc3)C2=O)cc1. The van der Waals surface area contributed by atoms with Gasteiger partial charge in [-0.25, -0.2) is 4.90 Å². The minimum absolute atomic E-state index is 0.0111. The first kappa shape index (κ1) is 18.2. The van der Waals surface area contributed by atoms with Crippen molar-refractivity contribution in [1.29, 1.82) is 0 Å². The number of carbonyl (C=O) groups excluding carboxylic acids is 3. The number of para-hydroxylation sites is 1. The normalized spacial score (nSPS) is 16.8. The summed E-state index contributed by atoms with van der Waals surface area (Å²) in [5.41, 5.74) is 1.34. The Balaban J connectivity index is 1.65. The number of hydrogen-bond donors (Lipinski definition) is 1. The molecule has 2 aromatic carbocycles. The number of carbonyl (C=O) groups is 3. The van der Waals surface area contributed by atoms with Crippen LogP contribution >= 0.6 is 11.8 Å². The summed E-state index contributed by atoms with van der Waals surface area (Å²) in [5, 5.41) is 2.40. The van der Waals surface area contributed by atoms with E-state index in [-0.39, 0.29) is 24.1 Å². The summed E-state index contributed by atoms with van der Waals surface area (Å²) in [6.45, 7) is 1.96. The highest BCUT2D eigenvalue weighted by Crippen LogP contribution is 2.34. The highest BCUT2D eigenvalue weighted by molar-refractivity contribution is 8.00. The van der Waals surface area contributed by atoms with E-state index >= 15 is 0 Å². The van der Waals surface area contributed by atoms with Crippen LogP contribution in [0.1, 0.15) is 26.2 Å². The van der Waals surface area contributed by atoms with E-state index in [1.807, 2.05) is 49.4 Å². The first-order valence-electron chi connectivity index (χ1n) is 8.57. The molecule has 1 saturated heterocycles. The molecule has 1 aliphatic rings. The maximum Gasteiger partial charge on any atom is 0.247 e. The summed E-state index contributed by atoms with van der Waals surface area (Å²) < 4.78 is 0. The van der Waals surface area contributed by atoms with Crippen LogP contribution in [-0.4, -0.2) is 23.0 Å². The third kappa shape index (κ3) is 4.14. The standard InChI is InChI=1S/C20H20N2O3S/c1-2-6-18(23)21-14-9-11-16(12-10-14)26-17-13-19(24)22(20(17)25)15-7-4-3-5-8-15/h3-5,7-12,17H,2,6,13H2,1H3,(H,21,23)/t17-/m1/s1. The van der Waals surface area contributed by atoms with Crippen LogP contribution in [0.3, 0.4) is 0 Å². The zero-order valence-electron chi connectivity index (χ0n) is 14.5. The van der Waals surface area contributed by atoms with Crippen molar-refractivity contribution < 1.29 is 14.4 Å². The summed E-state index contributed by atoms with van der Waals surface area (Å²) in [4.78, 5) is 38.7. The second kappa shape index (κ2) is 8.19. The van der Waals surface area contributed by atoms with Crippen molar-refractivity contribution in [1.82, 2.24) is 0 Å². The lowest BCUT2D eigenvalue weighted by atomic mass is 10.3. The number of nitrogens with zero attached hydrogens (tertiary/aromatic N) is 1. The Hall–Kier alpha value is -2.60. The van der Waals surface area contributed by atoms with Crippen LogP contribution in [0.5, 0.6) is 0 Å². The highest BCUT2D eigenvalue weighted by Gasteiger charge is 2.39. The van der Waals surface area contributed by atoms with Gasteiger partial charge in [-0.2, -0.15) is 0 Å². The molecule has 5 nitrogen and oxygen atoms in total. The van der Waals surface area contributed by atoms with Crippen LogP contribution in [0.25, 0.3) is 0 Å². The van der Waals surface area contributed by atoms with Gasteiger partial charge < -0.3 is 5.32 Å². The van der Waals surface area contributed by atoms with Crippen LogP contribution < -0.4 is 10.2 Å². The molecule has 1 aliphatic heterocycles. The second-order valence-electron chi connectivity index (χ2n) is 6.04. The van der Waals surface area contributed by atoms with Crippen LogP contribution in [0.2, 0.25) is 0 Å². The number of benzene rings is 2. The molecule has 3 rings (SSSR count). The van der Waals surface area contributed by atoms with Crippen LogP contribution in [0.15, 0.2) is 59.5 Å². The van der Waals surface area contributed by atoms with Crippen LogP contribution in [0.4, 0.5) is 11.4 Å². The summed E-state index contributed by atoms with van der Waals surface area (Å²) in [6, 6.07) is 16.3. The number of nitrogens with one attached hydrogen (secondary N) is 1. The fourth-order valence-electron chi connectivity index (χ4n) is 2.78. The third-order valence-corrected chi connectivity index (χ3v) is 5.21. The molecule has 0 aliphatic carbocycles. The van der Waals surface area contributed by atoms with Gasteiger partial charge in [0, 0.05) is 23.4 Å². The lowest BCUT2D eigenvalue weighted by Gasteiger charge is -2.14. The Morgan fingerprint density at radius 2 is 1.81 bits per heavy atom. The minimum atomic E-state index is -0.428. The number of amides is 3. The average molecular weight is 368 g/mol. The van der Waals surface area contributed by atoms with Gasteiger partial charge in [-0.3, -0.25) is 14.4 Å². The second-order valence-corrected chi connectivity index (χ2v) is 7.31. The molecule has 1 atom stereocenters. The molecule has 3 amide bonds. The molecule has 1 fully saturated rings. The molecule has 0 unspecified atom stereocenters. The molecule has 1 heterocycles. The summed E-state index contributed by atoms with van der Waals surface area (Å²) in [6.07, 6.45) is 1.48. The van der Waals surface area contributed by atoms with Crippen molar-refractivity contribution >= 4 is 40.9 Å². The van der Waals surface area contributed by atoms with Gasteiger partial charge >= 0.3 is 0 Å². The van der Waals surface area contributed by atoms with E-state index in [2.05, 4.69) is 5.32 Å². The quantitative estimate of drug-likeness (QED) is 0.787. The smallest absolute Gasteiger partial charge is 0.247 e. The van der Waals surface area contributed by atoms with Gasteiger partial charge in [-0.15, -0.1) is 11.8 Å². The number of anilines is 2. The van der Waals surface area contributed by atoms with Gasteiger partial charge in [-0.1, -0.05) is 25.1 Å². The molecule has 1 N–H and O–H groups in total. The maximum absolute atomic E-state index is 12.6. The Labute approximate surface area is 156 Å². The predicted octanol–water partition coefficient (Wildman–Crippen LogP) is 3.85. The first-order chi connectivity index (χ1) is 12.6. The van der Waals surface area contributed by atoms with E-state index in [1.54, 1.807) is 12.1 Å². The molecule has 26 heavy (non-hydrogen) atoms. The summed E-state index contributed by atoms with van der Waals surface area (Å²) >= 11 is 1.37. The minimum Gasteiger partial charge on any atom is -0.326 e. The Kier molecular flexibility index (Phi) is 5.73. The molecule has 134 valence electrons. The number of imide groups is 1. The summed E-state index contributed by atoms with van der Waals surface area (Å²) in [7, 11) is 0. The van der Waals surface area contributed by atoms with Crippen molar-refractivity contribution in [3.63, 3.8) is 0 Å². The van der Waals surface area contributed by atoms with Crippen molar-refractivity contribution in [2.24, 2.45) is 0 Å². The predicted molar refractivity (Wildman–Crippen MR) is 103 cm³/mol. The third-order valence-electron chi connectivity index (χ3n) is 4.01. The molecule has 0 aromatic heterocycles. The molecule has 0 radical (unpaired) electrons. The molecular formula is C20H20N2O3S. The zero-order chi connectivity index (χ0) is 18.5. The van der Waals surface area contributed by atoms with Gasteiger partial charge in [0.05, 0.1) is 10.9 Å². The number of rotatable bonds is 6. The van der Waals surface area contributed by atoms with Crippen molar-refractivity contribution in [2.45, 2.75) is 36.3 Å². The van der Waals surface area contributed by atoms with E-state index < -0.39 is 5.25 Å². The van der Waals surface area contributed by atoms with Crippen LogP contribution in [0, 0.1) is 0 Å². The van der Waals surface area contributed by atoms with Gasteiger partial charge in [0.2, 0.25) is 17.7 Å². The first-order valence-corrected chi connectivity index (χ1v) is 9.45. The molecule has 0 saturated carbocycles. The Morgan fingerprint density at radius 3 is 2.46 bits per heavy atom. The number of hydrogen-bond acceptors (Lipinski definition) is 4. The summed E-state index contributed by atoms with van der Waals surface area (Å²) in [5.74, 6) is -0.378. The molecular weight excluding hydrogens is 348 g/mol. The molecule has 2 aromatic rings. The largest absolute Gasteiger partial charge is 0.326 e. The van der Waals surface area contributed by atoms with Crippen molar-refractivity contribution in [2.75, 3.05) is 10.2 Å². The van der Waals surface area contributed by atoms with Gasteiger partial charge in [0.1, 0.15) is 0 Å². The van der Waals surface area contributed by atoms with Crippen molar-refractivity contribution in [3.05, 3.63) is 54.6 Å². The lowest BCUT2D eigenvalue weighted by molar-refractivity contribution is -0.121. The number of thioether (sulfide) groups is 1.